The molecule has 8 heteroatoms. The first-order chi connectivity index (χ1) is 13.7. The maximum Gasteiger partial charge on any atom is 0.175 e. The van der Waals surface area contributed by atoms with Crippen LogP contribution < -0.4 is 5.11 Å². The van der Waals surface area contributed by atoms with E-state index in [4.69, 9.17) is 23.2 Å². The van der Waals surface area contributed by atoms with Gasteiger partial charge in [-0.1, -0.05) is 29.3 Å². The highest BCUT2D eigenvalue weighted by molar-refractivity contribution is 7.90. The number of rotatable bonds is 3. The molecule has 5 nitrogen and oxygen atoms in total. The van der Waals surface area contributed by atoms with Crippen LogP contribution in [0.15, 0.2) is 29.2 Å². The predicted octanol–water partition coefficient (Wildman–Crippen LogP) is 3.45. The topological polar surface area (TPSA) is 84.2 Å². The van der Waals surface area contributed by atoms with Gasteiger partial charge in [0.2, 0.25) is 0 Å². The molecule has 2 aromatic carbocycles. The van der Waals surface area contributed by atoms with E-state index in [0.717, 1.165) is 43.3 Å². The molecule has 2 aromatic rings. The van der Waals surface area contributed by atoms with E-state index in [1.165, 1.54) is 18.2 Å². The smallest absolute Gasteiger partial charge is 0.175 e. The van der Waals surface area contributed by atoms with Gasteiger partial charge in [0.05, 0.1) is 21.9 Å². The first-order valence-corrected chi connectivity index (χ1v) is 12.0. The van der Waals surface area contributed by atoms with Gasteiger partial charge in [-0.25, -0.2) is 8.42 Å². The van der Waals surface area contributed by atoms with Crippen molar-refractivity contribution in [3.8, 4) is 22.9 Å². The quantitative estimate of drug-likeness (QED) is 0.715. The number of likely N-dealkylation sites (tertiary alicyclic amines) is 1. The fourth-order valence-corrected chi connectivity index (χ4v) is 5.74. The Morgan fingerprint density at radius 1 is 1.17 bits per heavy atom. The molecule has 2 atom stereocenters. The van der Waals surface area contributed by atoms with E-state index < -0.39 is 9.84 Å². The molecule has 0 aromatic heterocycles. The molecule has 4 rings (SSSR count). The molecule has 0 amide bonds. The number of hydrogen-bond donors (Lipinski definition) is 0. The highest BCUT2D eigenvalue weighted by Crippen LogP contribution is 2.45. The van der Waals surface area contributed by atoms with Crippen molar-refractivity contribution in [3.63, 3.8) is 0 Å². The molecule has 0 bridgehead atoms. The maximum atomic E-state index is 12.6. The maximum absolute atomic E-state index is 12.6. The van der Waals surface area contributed by atoms with Crippen molar-refractivity contribution in [3.05, 3.63) is 45.4 Å². The normalized spacial score (nSPS) is 21.9. The highest BCUT2D eigenvalue weighted by Gasteiger charge is 2.35. The number of nitrogens with zero attached hydrogens (tertiary/aromatic N) is 2. The van der Waals surface area contributed by atoms with E-state index in [2.05, 4.69) is 11.0 Å². The molecule has 0 N–H and O–H groups in total. The summed E-state index contributed by atoms with van der Waals surface area (Å²) in [6, 6.07) is 8.15. The fourth-order valence-electron chi connectivity index (χ4n) is 4.41. The molecule has 29 heavy (non-hydrogen) atoms. The summed E-state index contributed by atoms with van der Waals surface area (Å²) < 4.78 is 24.0. The molecule has 1 aliphatic carbocycles. The molecule has 152 valence electrons. The van der Waals surface area contributed by atoms with Crippen LogP contribution in [0.25, 0.3) is 11.1 Å². The van der Waals surface area contributed by atoms with Crippen molar-refractivity contribution in [1.29, 1.82) is 5.26 Å². The van der Waals surface area contributed by atoms with Gasteiger partial charge in [0.15, 0.2) is 9.84 Å². The minimum absolute atomic E-state index is 0.0388. The minimum atomic E-state index is -3.46. The summed E-state index contributed by atoms with van der Waals surface area (Å²) >= 11 is 13.0. The van der Waals surface area contributed by atoms with Crippen LogP contribution in [0.1, 0.15) is 17.5 Å². The van der Waals surface area contributed by atoms with Crippen molar-refractivity contribution in [1.82, 2.24) is 4.90 Å². The SMILES string of the molecule is CS(=O)(=O)c1ccc([O-])c(-c2c(Cl)cc(Cl)c3c2CC(N2CC[C@@H](C#N)C2)C3)c1. The molecule has 1 unspecified atom stereocenters. The van der Waals surface area contributed by atoms with Gasteiger partial charge in [0, 0.05) is 29.4 Å². The Balaban J connectivity index is 1.80. The van der Waals surface area contributed by atoms with Crippen LogP contribution in [0, 0.1) is 17.2 Å². The van der Waals surface area contributed by atoms with E-state index in [1.54, 1.807) is 6.07 Å². The average molecular weight is 450 g/mol. The number of nitriles is 1. The number of hydrogen-bond acceptors (Lipinski definition) is 5. The van der Waals surface area contributed by atoms with Crippen molar-refractivity contribution >= 4 is 33.0 Å². The van der Waals surface area contributed by atoms with Crippen molar-refractivity contribution in [2.75, 3.05) is 19.3 Å². The van der Waals surface area contributed by atoms with Crippen LogP contribution in [0.3, 0.4) is 0 Å². The third-order valence-electron chi connectivity index (χ3n) is 5.89. The Kier molecular flexibility index (Phi) is 5.28. The lowest BCUT2D eigenvalue weighted by Gasteiger charge is -2.23. The molecule has 2 aliphatic rings. The predicted molar refractivity (Wildman–Crippen MR) is 111 cm³/mol. The van der Waals surface area contributed by atoms with Gasteiger partial charge < -0.3 is 5.11 Å². The lowest BCUT2D eigenvalue weighted by atomic mass is 9.96. The van der Waals surface area contributed by atoms with E-state index in [-0.39, 0.29) is 28.2 Å². The molecule has 0 spiro atoms. The van der Waals surface area contributed by atoms with E-state index in [1.807, 2.05) is 0 Å². The van der Waals surface area contributed by atoms with Crippen LogP contribution in [-0.2, 0) is 22.7 Å². The zero-order valence-corrected chi connectivity index (χ0v) is 18.1. The van der Waals surface area contributed by atoms with Crippen LogP contribution in [0.5, 0.6) is 5.75 Å². The molecule has 1 aliphatic heterocycles. The molecule has 1 fully saturated rings. The summed E-state index contributed by atoms with van der Waals surface area (Å²) in [7, 11) is -3.46. The average Bonchev–Trinajstić information content (AvgIpc) is 3.29. The summed E-state index contributed by atoms with van der Waals surface area (Å²) in [4.78, 5) is 2.38. The van der Waals surface area contributed by atoms with Crippen LogP contribution in [0.4, 0.5) is 0 Å². The van der Waals surface area contributed by atoms with Crippen molar-refractivity contribution < 1.29 is 13.5 Å². The van der Waals surface area contributed by atoms with Gasteiger partial charge in [0.25, 0.3) is 0 Å². The first kappa shape index (κ1) is 20.5. The van der Waals surface area contributed by atoms with Gasteiger partial charge in [-0.15, -0.1) is 5.75 Å². The second kappa shape index (κ2) is 7.48. The number of sulfone groups is 1. The van der Waals surface area contributed by atoms with Crippen molar-refractivity contribution in [2.45, 2.75) is 30.2 Å². The monoisotopic (exact) mass is 449 g/mol. The van der Waals surface area contributed by atoms with Crippen LogP contribution in [-0.4, -0.2) is 38.7 Å². The van der Waals surface area contributed by atoms with Gasteiger partial charge >= 0.3 is 0 Å². The Hall–Kier alpha value is -1.78. The molecule has 1 saturated heterocycles. The zero-order chi connectivity index (χ0) is 20.9. The summed E-state index contributed by atoms with van der Waals surface area (Å²) in [5.41, 5.74) is 2.69. The van der Waals surface area contributed by atoms with Gasteiger partial charge in [-0.2, -0.15) is 5.26 Å². The number of halogens is 2. The van der Waals surface area contributed by atoms with Gasteiger partial charge in [-0.3, -0.25) is 4.90 Å². The van der Waals surface area contributed by atoms with E-state index in [0.29, 0.717) is 22.0 Å². The molecular formula is C21H19Cl2N2O3S-. The standard InChI is InChI=1S/C21H20Cl2N2O3S/c1-29(27,28)14-2-3-20(26)17(8-14)21-16-7-13(25-5-4-12(10-24)11-25)6-15(16)18(22)9-19(21)23/h2-3,8-9,12-13,26H,4-7,11H2,1H3/p-1/t12-,13?/m0/s1. The Labute approximate surface area is 180 Å². The Morgan fingerprint density at radius 2 is 1.90 bits per heavy atom. The number of fused-ring (bicyclic) bond motifs is 1. The molecule has 0 saturated carbocycles. The summed E-state index contributed by atoms with van der Waals surface area (Å²) in [5.74, 6) is -0.241. The third-order valence-corrected chi connectivity index (χ3v) is 7.64. The fraction of sp³-hybridized carbons (Fsp3) is 0.381. The number of benzene rings is 2. The zero-order valence-electron chi connectivity index (χ0n) is 15.8. The van der Waals surface area contributed by atoms with Crippen LogP contribution in [0.2, 0.25) is 10.0 Å². The lowest BCUT2D eigenvalue weighted by molar-refractivity contribution is -0.267. The largest absolute Gasteiger partial charge is 0.872 e. The molecular weight excluding hydrogens is 431 g/mol. The molecule has 0 radical (unpaired) electrons. The van der Waals surface area contributed by atoms with Crippen LogP contribution >= 0.6 is 23.2 Å². The minimum Gasteiger partial charge on any atom is -0.872 e. The van der Waals surface area contributed by atoms with E-state index in [9.17, 15) is 18.8 Å². The summed E-state index contributed by atoms with van der Waals surface area (Å²) in [6.07, 6.45) is 3.34. The molecule has 1 heterocycles. The third kappa shape index (κ3) is 3.73. The Bertz CT molecular complexity index is 1140. The Morgan fingerprint density at radius 3 is 2.55 bits per heavy atom. The second-order valence-corrected chi connectivity index (χ2v) is 10.6. The van der Waals surface area contributed by atoms with Crippen molar-refractivity contribution in [2.24, 2.45) is 5.92 Å². The summed E-state index contributed by atoms with van der Waals surface area (Å²) in [5, 5.41) is 22.7. The van der Waals surface area contributed by atoms with Gasteiger partial charge in [-0.05, 0) is 60.7 Å². The second-order valence-electron chi connectivity index (χ2n) is 7.77. The summed E-state index contributed by atoms with van der Waals surface area (Å²) in [6.45, 7) is 1.58. The van der Waals surface area contributed by atoms with E-state index >= 15 is 0 Å². The van der Waals surface area contributed by atoms with Gasteiger partial charge in [0.1, 0.15) is 0 Å². The lowest BCUT2D eigenvalue weighted by Crippen LogP contribution is -2.33. The highest BCUT2D eigenvalue weighted by atomic mass is 35.5. The first-order valence-electron chi connectivity index (χ1n) is 9.34.